The number of ether oxygens (including phenoxy) is 2. The summed E-state index contributed by atoms with van der Waals surface area (Å²) in [6, 6.07) is 11.5. The molecule has 0 aliphatic carbocycles. The number of carbonyl (C=O) groups is 2. The number of likely N-dealkylation sites (tertiary alicyclic amines) is 1. The van der Waals surface area contributed by atoms with E-state index in [1.807, 2.05) is 30.3 Å². The van der Waals surface area contributed by atoms with Crippen molar-refractivity contribution in [1.82, 2.24) is 9.62 Å². The molecule has 3 rings (SSSR count). The number of amides is 1. The van der Waals surface area contributed by atoms with E-state index in [1.54, 1.807) is 20.8 Å². The Balaban J connectivity index is 1.86. The molecule has 0 saturated carbocycles. The summed E-state index contributed by atoms with van der Waals surface area (Å²) in [4.78, 5) is 27.6. The molecular formula is C27H34F2N2O5S. The lowest BCUT2D eigenvalue weighted by Crippen LogP contribution is -2.54. The second-order valence-electron chi connectivity index (χ2n) is 10.1. The Bertz CT molecular complexity index is 1110. The Kier molecular flexibility index (Phi) is 9.41. The lowest BCUT2D eigenvalue weighted by atomic mass is 9.87. The quantitative estimate of drug-likeness (QED) is 0.447. The number of esters is 1. The van der Waals surface area contributed by atoms with E-state index in [9.17, 15) is 22.6 Å². The van der Waals surface area contributed by atoms with Crippen molar-refractivity contribution in [1.29, 1.82) is 0 Å². The summed E-state index contributed by atoms with van der Waals surface area (Å²) in [6.45, 7) is 5.66. The second kappa shape index (κ2) is 12.1. The highest BCUT2D eigenvalue weighted by Crippen LogP contribution is 2.38. The second-order valence-corrected chi connectivity index (χ2v) is 12.1. The van der Waals surface area contributed by atoms with Gasteiger partial charge in [-0.15, -0.1) is 0 Å². The van der Waals surface area contributed by atoms with Crippen LogP contribution in [-0.2, 0) is 31.9 Å². The van der Waals surface area contributed by atoms with Gasteiger partial charge in [0, 0.05) is 18.7 Å². The van der Waals surface area contributed by atoms with Crippen molar-refractivity contribution in [2.45, 2.75) is 69.4 Å². The van der Waals surface area contributed by atoms with Crippen LogP contribution in [-0.4, -0.2) is 45.1 Å². The summed E-state index contributed by atoms with van der Waals surface area (Å²) in [6.07, 6.45) is 0.508. The third-order valence-electron chi connectivity index (χ3n) is 6.42. The monoisotopic (exact) mass is 536 g/mol. The van der Waals surface area contributed by atoms with E-state index in [4.69, 9.17) is 9.47 Å². The molecule has 1 N–H and O–H groups in total. The van der Waals surface area contributed by atoms with E-state index in [-0.39, 0.29) is 25.0 Å². The third-order valence-corrected chi connectivity index (χ3v) is 8.03. The van der Waals surface area contributed by atoms with E-state index < -0.39 is 51.0 Å². The minimum absolute atomic E-state index is 0.0464. The van der Waals surface area contributed by atoms with Crippen LogP contribution in [0.5, 0.6) is 0 Å². The fourth-order valence-corrected chi connectivity index (χ4v) is 5.33. The van der Waals surface area contributed by atoms with Crippen LogP contribution in [0.3, 0.4) is 0 Å². The SMILES string of the molecule is COC(=O)[C@]1(CC[C@H](N[S@@](=O)C(C)(C)C)c2cc(F)cc(F)c2)CCCN1C(=O)OCc1ccccc1. The maximum absolute atomic E-state index is 14.1. The van der Waals surface area contributed by atoms with Gasteiger partial charge in [-0.25, -0.2) is 27.3 Å². The number of carbonyl (C=O) groups excluding carboxylic acids is 2. The van der Waals surface area contributed by atoms with E-state index in [1.165, 1.54) is 24.1 Å². The average molecular weight is 537 g/mol. The highest BCUT2D eigenvalue weighted by atomic mass is 32.2. The molecule has 0 aromatic heterocycles. The molecule has 0 unspecified atom stereocenters. The van der Waals surface area contributed by atoms with Crippen molar-refractivity contribution in [2.24, 2.45) is 0 Å². The molecule has 2 aromatic carbocycles. The van der Waals surface area contributed by atoms with Crippen molar-refractivity contribution in [2.75, 3.05) is 13.7 Å². The fourth-order valence-electron chi connectivity index (χ4n) is 4.47. The summed E-state index contributed by atoms with van der Waals surface area (Å²) in [7, 11) is -0.316. The fraction of sp³-hybridized carbons (Fsp3) is 0.481. The number of hydrogen-bond donors (Lipinski definition) is 1. The van der Waals surface area contributed by atoms with Gasteiger partial charge in [0.1, 0.15) is 23.8 Å². The molecule has 1 aliphatic heterocycles. The normalized spacial score (nSPS) is 19.4. The van der Waals surface area contributed by atoms with E-state index in [0.717, 1.165) is 11.6 Å². The molecule has 0 bridgehead atoms. The van der Waals surface area contributed by atoms with Gasteiger partial charge in [-0.1, -0.05) is 30.3 Å². The molecule has 2 aromatic rings. The number of methoxy groups -OCH3 is 1. The molecule has 7 nitrogen and oxygen atoms in total. The van der Waals surface area contributed by atoms with E-state index in [2.05, 4.69) is 4.72 Å². The van der Waals surface area contributed by atoms with Gasteiger partial charge in [-0.2, -0.15) is 0 Å². The summed E-state index contributed by atoms with van der Waals surface area (Å²) < 4.78 is 54.0. The van der Waals surface area contributed by atoms with Crippen molar-refractivity contribution in [3.05, 3.63) is 71.3 Å². The Morgan fingerprint density at radius 3 is 2.38 bits per heavy atom. The largest absolute Gasteiger partial charge is 0.467 e. The van der Waals surface area contributed by atoms with Crippen molar-refractivity contribution in [3.8, 4) is 0 Å². The molecule has 1 fully saturated rings. The van der Waals surface area contributed by atoms with Gasteiger partial charge < -0.3 is 9.47 Å². The number of nitrogens with zero attached hydrogens (tertiary/aromatic N) is 1. The number of benzene rings is 2. The molecule has 37 heavy (non-hydrogen) atoms. The molecule has 1 heterocycles. The zero-order chi connectivity index (χ0) is 27.2. The predicted molar refractivity (Wildman–Crippen MR) is 137 cm³/mol. The first kappa shape index (κ1) is 28.7. The van der Waals surface area contributed by atoms with Crippen LogP contribution in [0, 0.1) is 11.6 Å². The summed E-state index contributed by atoms with van der Waals surface area (Å²) in [5, 5.41) is 0. The van der Waals surface area contributed by atoms with Crippen molar-refractivity contribution < 1.29 is 32.1 Å². The lowest BCUT2D eigenvalue weighted by Gasteiger charge is -2.36. The molecule has 1 amide bonds. The van der Waals surface area contributed by atoms with E-state index in [0.29, 0.717) is 19.4 Å². The Morgan fingerprint density at radius 1 is 1.14 bits per heavy atom. The van der Waals surface area contributed by atoms with Crippen LogP contribution in [0.1, 0.15) is 63.6 Å². The third kappa shape index (κ3) is 7.13. The van der Waals surface area contributed by atoms with Gasteiger partial charge in [0.2, 0.25) is 0 Å². The number of hydrogen-bond acceptors (Lipinski definition) is 5. The predicted octanol–water partition coefficient (Wildman–Crippen LogP) is 5.18. The van der Waals surface area contributed by atoms with Crippen LogP contribution < -0.4 is 4.72 Å². The van der Waals surface area contributed by atoms with E-state index >= 15 is 0 Å². The topological polar surface area (TPSA) is 84.9 Å². The smallest absolute Gasteiger partial charge is 0.411 e. The Morgan fingerprint density at radius 2 is 1.78 bits per heavy atom. The van der Waals surface area contributed by atoms with Crippen LogP contribution in [0.2, 0.25) is 0 Å². The molecule has 1 saturated heterocycles. The molecule has 10 heteroatoms. The zero-order valence-electron chi connectivity index (χ0n) is 21.6. The molecule has 3 atom stereocenters. The average Bonchev–Trinajstić information content (AvgIpc) is 3.29. The maximum atomic E-state index is 14.1. The maximum Gasteiger partial charge on any atom is 0.411 e. The first-order valence-electron chi connectivity index (χ1n) is 12.2. The molecule has 202 valence electrons. The summed E-state index contributed by atoms with van der Waals surface area (Å²) >= 11 is 0. The Labute approximate surface area is 219 Å². The summed E-state index contributed by atoms with van der Waals surface area (Å²) in [5.41, 5.74) is -0.260. The first-order chi connectivity index (χ1) is 17.5. The molecule has 0 spiro atoms. The van der Waals surface area contributed by atoms with Crippen LogP contribution in [0.25, 0.3) is 0 Å². The van der Waals surface area contributed by atoms with Gasteiger partial charge in [-0.3, -0.25) is 4.90 Å². The van der Waals surface area contributed by atoms with Crippen LogP contribution >= 0.6 is 0 Å². The highest BCUT2D eigenvalue weighted by Gasteiger charge is 2.51. The number of halogens is 2. The molecule has 1 aliphatic rings. The number of nitrogens with one attached hydrogen (secondary N) is 1. The molecule has 0 radical (unpaired) electrons. The van der Waals surface area contributed by atoms with Crippen LogP contribution in [0.4, 0.5) is 13.6 Å². The summed E-state index contributed by atoms with van der Waals surface area (Å²) in [5.74, 6) is -2.13. The highest BCUT2D eigenvalue weighted by molar-refractivity contribution is 7.84. The minimum atomic E-state index is -1.57. The minimum Gasteiger partial charge on any atom is -0.467 e. The lowest BCUT2D eigenvalue weighted by molar-refractivity contribution is -0.153. The van der Waals surface area contributed by atoms with Gasteiger partial charge in [-0.05, 0) is 69.7 Å². The van der Waals surface area contributed by atoms with Crippen molar-refractivity contribution >= 4 is 23.0 Å². The Hall–Kier alpha value is -2.85. The van der Waals surface area contributed by atoms with Gasteiger partial charge >= 0.3 is 12.1 Å². The standard InChI is InChI=1S/C27H34F2N2O5S/c1-26(2,3)37(34)30-23(20-15-21(28)17-22(29)16-20)11-13-27(24(32)35-4)12-8-14-31(27)25(33)36-18-19-9-6-5-7-10-19/h5-7,9-10,15-17,23,30H,8,11-14,18H2,1-4H3/t23-,27+,37-/m0/s1. The van der Waals surface area contributed by atoms with Crippen molar-refractivity contribution in [3.63, 3.8) is 0 Å². The molecular weight excluding hydrogens is 502 g/mol. The first-order valence-corrected chi connectivity index (χ1v) is 13.3. The van der Waals surface area contributed by atoms with Gasteiger partial charge in [0.05, 0.1) is 22.8 Å². The van der Waals surface area contributed by atoms with Gasteiger partial charge in [0.15, 0.2) is 0 Å². The number of rotatable bonds is 9. The van der Waals surface area contributed by atoms with Gasteiger partial charge in [0.25, 0.3) is 0 Å². The van der Waals surface area contributed by atoms with Crippen LogP contribution in [0.15, 0.2) is 48.5 Å². The zero-order valence-corrected chi connectivity index (χ0v) is 22.4.